The Labute approximate surface area is 169 Å². The number of amides is 1. The first-order chi connectivity index (χ1) is 13.5. The first-order valence-corrected chi connectivity index (χ1v) is 9.63. The summed E-state index contributed by atoms with van der Waals surface area (Å²) in [6.07, 6.45) is 0.793. The molecule has 1 aromatic heterocycles. The molecule has 8 nitrogen and oxygen atoms in total. The lowest BCUT2D eigenvalue weighted by Crippen LogP contribution is -2.48. The molecule has 156 valence electrons. The SMILES string of the molecule is CC(=O)c1cn(CC(=O)OC(C)(C)C)c2ccc(N3CCN(C(=O)O)CC3)cc12. The molecule has 0 radical (unpaired) electrons. The molecule has 0 bridgehead atoms. The van der Waals surface area contributed by atoms with Gasteiger partial charge in [-0.05, 0) is 45.9 Å². The van der Waals surface area contributed by atoms with E-state index in [9.17, 15) is 14.4 Å². The van der Waals surface area contributed by atoms with Gasteiger partial charge in [0.05, 0.1) is 0 Å². The molecule has 1 amide bonds. The number of hydrogen-bond acceptors (Lipinski definition) is 5. The molecule has 29 heavy (non-hydrogen) atoms. The van der Waals surface area contributed by atoms with Crippen molar-refractivity contribution in [3.63, 3.8) is 0 Å². The lowest BCUT2D eigenvalue weighted by atomic mass is 10.1. The first kappa shape index (κ1) is 20.7. The van der Waals surface area contributed by atoms with E-state index in [0.717, 1.165) is 16.6 Å². The minimum absolute atomic E-state index is 0.0255. The van der Waals surface area contributed by atoms with Crippen LogP contribution in [-0.4, -0.2) is 64.2 Å². The molecule has 1 saturated heterocycles. The van der Waals surface area contributed by atoms with E-state index in [1.807, 2.05) is 39.0 Å². The van der Waals surface area contributed by atoms with Crippen LogP contribution in [0.25, 0.3) is 10.9 Å². The standard InChI is InChI=1S/C21H27N3O5/c1-14(25)17-12-24(13-19(26)29-21(2,3)4)18-6-5-15(11-16(17)18)22-7-9-23(10-8-22)20(27)28/h5-6,11-12H,7-10,13H2,1-4H3,(H,27,28). The van der Waals surface area contributed by atoms with E-state index < -0.39 is 11.7 Å². The van der Waals surface area contributed by atoms with Gasteiger partial charge in [-0.25, -0.2) is 4.79 Å². The minimum Gasteiger partial charge on any atom is -0.465 e. The molecule has 0 spiro atoms. The van der Waals surface area contributed by atoms with Crippen molar-refractivity contribution in [3.8, 4) is 0 Å². The number of piperazine rings is 1. The summed E-state index contributed by atoms with van der Waals surface area (Å²) in [4.78, 5) is 39.0. The third kappa shape index (κ3) is 4.70. The average molecular weight is 401 g/mol. The van der Waals surface area contributed by atoms with Gasteiger partial charge in [0.15, 0.2) is 5.78 Å². The van der Waals surface area contributed by atoms with Crippen LogP contribution in [0.3, 0.4) is 0 Å². The first-order valence-electron chi connectivity index (χ1n) is 9.63. The highest BCUT2D eigenvalue weighted by Crippen LogP contribution is 2.28. The van der Waals surface area contributed by atoms with Gasteiger partial charge >= 0.3 is 12.1 Å². The summed E-state index contributed by atoms with van der Waals surface area (Å²) in [5, 5.41) is 9.89. The van der Waals surface area contributed by atoms with E-state index in [0.29, 0.717) is 31.7 Å². The smallest absolute Gasteiger partial charge is 0.407 e. The van der Waals surface area contributed by atoms with Crippen molar-refractivity contribution in [2.45, 2.75) is 39.8 Å². The Kier molecular flexibility index (Phi) is 5.55. The monoisotopic (exact) mass is 401 g/mol. The Balaban J connectivity index is 1.88. The largest absolute Gasteiger partial charge is 0.465 e. The number of hydrogen-bond donors (Lipinski definition) is 1. The fourth-order valence-corrected chi connectivity index (χ4v) is 3.56. The van der Waals surface area contributed by atoms with Crippen LogP contribution < -0.4 is 4.90 Å². The summed E-state index contributed by atoms with van der Waals surface area (Å²) in [5.74, 6) is -0.441. The number of carbonyl (C=O) groups excluding carboxylic acids is 2. The van der Waals surface area contributed by atoms with E-state index in [1.165, 1.54) is 11.8 Å². The van der Waals surface area contributed by atoms with Crippen LogP contribution in [0, 0.1) is 0 Å². The van der Waals surface area contributed by atoms with Gasteiger partial charge in [0.2, 0.25) is 0 Å². The number of carbonyl (C=O) groups is 3. The van der Waals surface area contributed by atoms with Crippen LogP contribution >= 0.6 is 0 Å². The Morgan fingerprint density at radius 1 is 1.10 bits per heavy atom. The highest BCUT2D eigenvalue weighted by Gasteiger charge is 2.23. The summed E-state index contributed by atoms with van der Waals surface area (Å²) in [6.45, 7) is 9.03. The quantitative estimate of drug-likeness (QED) is 0.625. The van der Waals surface area contributed by atoms with Crippen molar-refractivity contribution in [3.05, 3.63) is 30.0 Å². The Morgan fingerprint density at radius 3 is 2.31 bits per heavy atom. The fourth-order valence-electron chi connectivity index (χ4n) is 3.56. The number of anilines is 1. The molecule has 1 aliphatic rings. The molecular formula is C21H27N3O5. The van der Waals surface area contributed by atoms with Crippen LogP contribution in [0.15, 0.2) is 24.4 Å². The fraction of sp³-hybridized carbons (Fsp3) is 0.476. The maximum atomic E-state index is 12.3. The lowest BCUT2D eigenvalue weighted by Gasteiger charge is -2.34. The number of rotatable bonds is 4. The van der Waals surface area contributed by atoms with Crippen LogP contribution in [0.5, 0.6) is 0 Å². The maximum Gasteiger partial charge on any atom is 0.407 e. The molecule has 0 atom stereocenters. The zero-order chi connectivity index (χ0) is 21.3. The molecule has 0 unspecified atom stereocenters. The van der Waals surface area contributed by atoms with Gasteiger partial charge in [-0.15, -0.1) is 0 Å². The molecule has 8 heteroatoms. The minimum atomic E-state index is -0.904. The summed E-state index contributed by atoms with van der Waals surface area (Å²) in [5.41, 5.74) is 1.69. The predicted octanol–water partition coefficient (Wildman–Crippen LogP) is 2.99. The van der Waals surface area contributed by atoms with Crippen molar-refractivity contribution < 1.29 is 24.2 Å². The molecule has 2 heterocycles. The van der Waals surface area contributed by atoms with E-state index >= 15 is 0 Å². The second kappa shape index (κ2) is 7.77. The van der Waals surface area contributed by atoms with Crippen LogP contribution in [0.2, 0.25) is 0 Å². The van der Waals surface area contributed by atoms with Gasteiger partial charge in [0.25, 0.3) is 0 Å². The molecule has 0 saturated carbocycles. The van der Waals surface area contributed by atoms with Gasteiger partial charge in [-0.3, -0.25) is 9.59 Å². The van der Waals surface area contributed by atoms with Crippen molar-refractivity contribution in [1.29, 1.82) is 0 Å². The number of benzene rings is 1. The van der Waals surface area contributed by atoms with E-state index in [4.69, 9.17) is 9.84 Å². The number of ketones is 1. The molecule has 3 rings (SSSR count). The highest BCUT2D eigenvalue weighted by atomic mass is 16.6. The topological polar surface area (TPSA) is 92.1 Å². The molecule has 0 aliphatic carbocycles. The third-order valence-corrected chi connectivity index (χ3v) is 4.88. The number of Topliss-reactive ketones (excluding diaryl/α,β-unsaturated/α-hetero) is 1. The molecule has 1 N–H and O–H groups in total. The average Bonchev–Trinajstić information content (AvgIpc) is 2.98. The van der Waals surface area contributed by atoms with E-state index in [-0.39, 0.29) is 18.3 Å². The molecule has 1 aliphatic heterocycles. The summed E-state index contributed by atoms with van der Waals surface area (Å²) in [7, 11) is 0. The van der Waals surface area contributed by atoms with Crippen molar-refractivity contribution in [2.24, 2.45) is 0 Å². The molecule has 2 aromatic rings. The highest BCUT2D eigenvalue weighted by molar-refractivity contribution is 6.08. The Bertz CT molecular complexity index is 949. The summed E-state index contributed by atoms with van der Waals surface area (Å²) >= 11 is 0. The molecule has 1 fully saturated rings. The predicted molar refractivity (Wildman–Crippen MR) is 110 cm³/mol. The van der Waals surface area contributed by atoms with E-state index in [1.54, 1.807) is 10.8 Å². The Hall–Kier alpha value is -3.03. The van der Waals surface area contributed by atoms with Crippen LogP contribution in [-0.2, 0) is 16.1 Å². The number of carboxylic acid groups (broad SMARTS) is 1. The van der Waals surface area contributed by atoms with Gasteiger partial charge in [0, 0.05) is 54.5 Å². The van der Waals surface area contributed by atoms with Gasteiger partial charge in [-0.2, -0.15) is 0 Å². The second-order valence-corrected chi connectivity index (χ2v) is 8.27. The number of fused-ring (bicyclic) bond motifs is 1. The van der Waals surface area contributed by atoms with Gasteiger partial charge in [-0.1, -0.05) is 0 Å². The van der Waals surface area contributed by atoms with Crippen molar-refractivity contribution in [1.82, 2.24) is 9.47 Å². The Morgan fingerprint density at radius 2 is 1.76 bits per heavy atom. The lowest BCUT2D eigenvalue weighted by molar-refractivity contribution is -0.155. The van der Waals surface area contributed by atoms with Crippen LogP contribution in [0.4, 0.5) is 10.5 Å². The molecule has 1 aromatic carbocycles. The van der Waals surface area contributed by atoms with Gasteiger partial charge < -0.3 is 24.2 Å². The number of nitrogens with zero attached hydrogens (tertiary/aromatic N) is 3. The zero-order valence-corrected chi connectivity index (χ0v) is 17.3. The van der Waals surface area contributed by atoms with Crippen molar-refractivity contribution >= 4 is 34.4 Å². The normalized spacial score (nSPS) is 14.9. The zero-order valence-electron chi connectivity index (χ0n) is 17.3. The maximum absolute atomic E-state index is 12.3. The second-order valence-electron chi connectivity index (χ2n) is 8.27. The number of ether oxygens (including phenoxy) is 1. The number of esters is 1. The van der Waals surface area contributed by atoms with Crippen LogP contribution in [0.1, 0.15) is 38.1 Å². The van der Waals surface area contributed by atoms with Gasteiger partial charge in [0.1, 0.15) is 12.1 Å². The number of aromatic nitrogens is 1. The third-order valence-electron chi connectivity index (χ3n) is 4.88. The summed E-state index contributed by atoms with van der Waals surface area (Å²) < 4.78 is 7.15. The van der Waals surface area contributed by atoms with E-state index in [2.05, 4.69) is 4.90 Å². The summed E-state index contributed by atoms with van der Waals surface area (Å²) in [6, 6.07) is 5.77. The molecular weight excluding hydrogens is 374 g/mol. The van der Waals surface area contributed by atoms with Crippen molar-refractivity contribution in [2.75, 3.05) is 31.1 Å².